The molecule has 0 saturated heterocycles. The Bertz CT molecular complexity index is 1370. The Balaban J connectivity index is 1.88. The minimum Gasteiger partial charge on any atom is -0.497 e. The van der Waals surface area contributed by atoms with E-state index in [1.54, 1.807) is 44.0 Å². The highest BCUT2D eigenvalue weighted by Crippen LogP contribution is 2.37. The summed E-state index contributed by atoms with van der Waals surface area (Å²) >= 11 is 0. The molecule has 12 heteroatoms. The third-order valence-corrected chi connectivity index (χ3v) is 4.92. The van der Waals surface area contributed by atoms with E-state index in [0.29, 0.717) is 34.1 Å². The fraction of sp³-hybridized carbons (Fsp3) is 0.136. The number of methoxy groups -OCH3 is 1. The van der Waals surface area contributed by atoms with Crippen molar-refractivity contribution < 1.29 is 9.13 Å². The van der Waals surface area contributed by atoms with Crippen LogP contribution in [0.3, 0.4) is 0 Å². The van der Waals surface area contributed by atoms with Gasteiger partial charge in [-0.15, -0.1) is 4.91 Å². The minimum atomic E-state index is -0.827. The molecule has 34 heavy (non-hydrogen) atoms. The van der Waals surface area contributed by atoms with Gasteiger partial charge in [0.1, 0.15) is 28.6 Å². The number of pyridine rings is 1. The predicted octanol–water partition coefficient (Wildman–Crippen LogP) is 3.84. The number of hydrogen-bond acceptors (Lipinski definition) is 10. The quantitative estimate of drug-likeness (QED) is 0.252. The van der Waals surface area contributed by atoms with Crippen LogP contribution in [0.15, 0.2) is 54.2 Å². The topological polar surface area (TPSA) is 145 Å². The van der Waals surface area contributed by atoms with Gasteiger partial charge in [-0.3, -0.25) is 4.98 Å². The van der Waals surface area contributed by atoms with Crippen LogP contribution < -0.4 is 15.0 Å². The van der Waals surface area contributed by atoms with Crippen LogP contribution in [0.25, 0.3) is 16.7 Å². The van der Waals surface area contributed by atoms with E-state index in [0.717, 1.165) is 6.21 Å². The highest BCUT2D eigenvalue weighted by Gasteiger charge is 2.22. The first-order chi connectivity index (χ1) is 16.6. The van der Waals surface area contributed by atoms with Crippen molar-refractivity contribution in [1.29, 1.82) is 5.41 Å². The lowest BCUT2D eigenvalue weighted by atomic mass is 10.2. The predicted molar refractivity (Wildman–Crippen MR) is 126 cm³/mol. The Morgan fingerprint density at radius 3 is 2.85 bits per heavy atom. The maximum absolute atomic E-state index is 15.3. The summed E-state index contributed by atoms with van der Waals surface area (Å²) in [4.78, 5) is 33.4. The molecular weight excluding hydrogens is 441 g/mol. The van der Waals surface area contributed by atoms with Crippen molar-refractivity contribution in [3.8, 4) is 5.75 Å². The zero-order valence-electron chi connectivity index (χ0n) is 18.3. The van der Waals surface area contributed by atoms with Gasteiger partial charge in [-0.25, -0.2) is 19.3 Å². The van der Waals surface area contributed by atoms with Gasteiger partial charge in [0, 0.05) is 49.6 Å². The second-order valence-electron chi connectivity index (χ2n) is 6.99. The molecule has 1 aromatic carbocycles. The molecule has 3 heterocycles. The number of aromatic nitrogens is 5. The Labute approximate surface area is 193 Å². The molecule has 0 atom stereocenters. The van der Waals surface area contributed by atoms with Gasteiger partial charge in [-0.05, 0) is 17.3 Å². The van der Waals surface area contributed by atoms with Gasteiger partial charge < -0.3 is 25.3 Å². The maximum Gasteiger partial charge on any atom is 0.180 e. The van der Waals surface area contributed by atoms with E-state index in [-0.39, 0.29) is 18.0 Å². The number of benzene rings is 1. The van der Waals surface area contributed by atoms with E-state index in [9.17, 15) is 4.91 Å². The number of nitrogens with zero attached hydrogens (tertiary/aromatic N) is 6. The molecule has 0 fully saturated rings. The van der Waals surface area contributed by atoms with Crippen LogP contribution in [0.5, 0.6) is 5.75 Å². The first-order valence-electron chi connectivity index (χ1n) is 10.1. The molecule has 4 aromatic rings. The number of nitrogens with one attached hydrogen (secondary N) is 3. The van der Waals surface area contributed by atoms with Gasteiger partial charge in [-0.1, -0.05) is 0 Å². The second-order valence-corrected chi connectivity index (χ2v) is 6.99. The van der Waals surface area contributed by atoms with Gasteiger partial charge in [0.2, 0.25) is 0 Å². The summed E-state index contributed by atoms with van der Waals surface area (Å²) in [5, 5.41) is 13.3. The molecule has 172 valence electrons. The van der Waals surface area contributed by atoms with Crippen molar-refractivity contribution in [2.45, 2.75) is 6.54 Å². The number of rotatable bonds is 9. The summed E-state index contributed by atoms with van der Waals surface area (Å²) in [5.74, 6) is 0.291. The Kier molecular flexibility index (Phi) is 6.48. The van der Waals surface area contributed by atoms with E-state index in [1.165, 1.54) is 24.1 Å². The number of nitroso groups, excluding NO2 is 1. The van der Waals surface area contributed by atoms with Crippen LogP contribution in [0, 0.1) is 16.1 Å². The zero-order valence-corrected chi connectivity index (χ0v) is 18.3. The van der Waals surface area contributed by atoms with Gasteiger partial charge in [0.25, 0.3) is 0 Å². The highest BCUT2D eigenvalue weighted by molar-refractivity contribution is 6.07. The van der Waals surface area contributed by atoms with Crippen molar-refractivity contribution >= 4 is 40.1 Å². The van der Waals surface area contributed by atoms with E-state index in [2.05, 4.69) is 35.4 Å². The lowest BCUT2D eigenvalue weighted by Gasteiger charge is -2.24. The lowest BCUT2D eigenvalue weighted by molar-refractivity contribution is 0.414. The number of fused-ring (bicyclic) bond motifs is 1. The number of aromatic amines is 1. The Morgan fingerprint density at radius 2 is 2.18 bits per heavy atom. The fourth-order valence-corrected chi connectivity index (χ4v) is 3.30. The molecule has 0 amide bonds. The average Bonchev–Trinajstić information content (AvgIpc) is 3.39. The molecule has 0 saturated carbocycles. The largest absolute Gasteiger partial charge is 0.497 e. The standard InChI is InChI=1S/C22H20FN9O2/c1-25-10-13(9-24)17-11-28-15-3-4-20(30-22(15)29-17)32(12-19-26-5-6-27-19)18-8-14(34-2)7-16(31-33)21(18)23/h3-11,24-25H,12H2,1-2H3,(H,26,27)/b13-10+,24-9?. The summed E-state index contributed by atoms with van der Waals surface area (Å²) in [7, 11) is 3.12. The van der Waals surface area contributed by atoms with Crippen molar-refractivity contribution in [1.82, 2.24) is 30.2 Å². The number of anilines is 2. The number of allylic oxidation sites excluding steroid dienone is 1. The highest BCUT2D eigenvalue weighted by atomic mass is 19.1. The number of H-pyrrole nitrogens is 1. The van der Waals surface area contributed by atoms with E-state index >= 15 is 4.39 Å². The first kappa shape index (κ1) is 22.5. The minimum absolute atomic E-state index is 0.0246. The number of ether oxygens (including phenoxy) is 1. The summed E-state index contributed by atoms with van der Waals surface area (Å²) in [6, 6.07) is 6.03. The summed E-state index contributed by atoms with van der Waals surface area (Å²) < 4.78 is 20.5. The Morgan fingerprint density at radius 1 is 1.32 bits per heavy atom. The smallest absolute Gasteiger partial charge is 0.180 e. The van der Waals surface area contributed by atoms with Crippen molar-refractivity contribution in [3.05, 3.63) is 71.3 Å². The lowest BCUT2D eigenvalue weighted by Crippen LogP contribution is -2.20. The van der Waals surface area contributed by atoms with Crippen molar-refractivity contribution in [2.24, 2.45) is 5.18 Å². The van der Waals surface area contributed by atoms with Gasteiger partial charge in [-0.2, -0.15) is 0 Å². The molecule has 0 unspecified atom stereocenters. The second kappa shape index (κ2) is 9.81. The van der Waals surface area contributed by atoms with E-state index in [1.807, 2.05) is 0 Å². The summed E-state index contributed by atoms with van der Waals surface area (Å²) in [6.07, 6.45) is 7.54. The summed E-state index contributed by atoms with van der Waals surface area (Å²) in [6.45, 7) is 0.104. The Hall–Kier alpha value is -4.74. The molecule has 0 radical (unpaired) electrons. The molecule has 0 aliphatic rings. The molecule has 0 aliphatic carbocycles. The van der Waals surface area contributed by atoms with Crippen LogP contribution in [-0.2, 0) is 6.54 Å². The van der Waals surface area contributed by atoms with Crippen LogP contribution in [0.1, 0.15) is 11.5 Å². The third kappa shape index (κ3) is 4.41. The van der Waals surface area contributed by atoms with Crippen LogP contribution >= 0.6 is 0 Å². The van der Waals surface area contributed by atoms with Gasteiger partial charge in [0.15, 0.2) is 11.5 Å². The van der Waals surface area contributed by atoms with Crippen LogP contribution in [0.4, 0.5) is 21.6 Å². The maximum atomic E-state index is 15.3. The third-order valence-electron chi connectivity index (χ3n) is 4.92. The normalized spacial score (nSPS) is 11.3. The van der Waals surface area contributed by atoms with E-state index in [4.69, 9.17) is 10.1 Å². The molecule has 0 aliphatic heterocycles. The number of imidazole rings is 1. The van der Waals surface area contributed by atoms with Crippen molar-refractivity contribution in [3.63, 3.8) is 0 Å². The molecule has 4 rings (SSSR count). The van der Waals surface area contributed by atoms with E-state index < -0.39 is 11.5 Å². The van der Waals surface area contributed by atoms with Crippen LogP contribution in [0.2, 0.25) is 0 Å². The number of halogens is 1. The molecule has 0 bridgehead atoms. The molecule has 3 aromatic heterocycles. The van der Waals surface area contributed by atoms with Crippen molar-refractivity contribution in [2.75, 3.05) is 19.1 Å². The summed E-state index contributed by atoms with van der Waals surface area (Å²) in [5.41, 5.74) is 1.39. The number of hydrogen-bond donors (Lipinski definition) is 3. The zero-order chi connectivity index (χ0) is 24.1. The average molecular weight is 461 g/mol. The fourth-order valence-electron chi connectivity index (χ4n) is 3.30. The molecular formula is C22H20FN9O2. The molecule has 11 nitrogen and oxygen atoms in total. The SMILES string of the molecule is CN/C=C(\C=N)c1cnc2ccc(N(Cc3ncc[nH]3)c3cc(OC)cc(N=O)c3F)nc2n1. The van der Waals surface area contributed by atoms with Gasteiger partial charge >= 0.3 is 0 Å². The monoisotopic (exact) mass is 461 g/mol. The van der Waals surface area contributed by atoms with Crippen LogP contribution in [-0.4, -0.2) is 45.3 Å². The molecule has 3 N–H and O–H groups in total. The van der Waals surface area contributed by atoms with Gasteiger partial charge in [0.05, 0.1) is 31.2 Å². The first-order valence-corrected chi connectivity index (χ1v) is 10.1. The molecule has 0 spiro atoms.